The Kier molecular flexibility index (Phi) is 13.8. The number of halogens is 1. The summed E-state index contributed by atoms with van der Waals surface area (Å²) >= 11 is 0. The van der Waals surface area contributed by atoms with Crippen LogP contribution in [0.2, 0.25) is 0 Å². The highest BCUT2D eigenvalue weighted by molar-refractivity contribution is 5.81. The van der Waals surface area contributed by atoms with Gasteiger partial charge in [0.1, 0.15) is 0 Å². The topological polar surface area (TPSA) is 47.6 Å². The smallest absolute Gasteiger partial charge is 0.332 e. The van der Waals surface area contributed by atoms with Crippen LogP contribution in [-0.4, -0.2) is 19.7 Å². The van der Waals surface area contributed by atoms with E-state index in [9.17, 15) is 9.18 Å². The fourth-order valence-corrected chi connectivity index (χ4v) is 4.04. The molecule has 1 unspecified atom stereocenters. The number of unbranched alkanes of at least 4 members (excludes halogenated alkanes) is 11. The van der Waals surface area contributed by atoms with Crippen molar-refractivity contribution in [3.8, 4) is 5.75 Å². The summed E-state index contributed by atoms with van der Waals surface area (Å²) in [5.41, 5.74) is 1.25. The van der Waals surface area contributed by atoms with Crippen LogP contribution in [-0.2, 0) is 9.53 Å². The summed E-state index contributed by atoms with van der Waals surface area (Å²) in [6.45, 7) is 2.77. The number of rotatable bonds is 18. The summed E-state index contributed by atoms with van der Waals surface area (Å²) in [7, 11) is 1.34. The molecule has 0 aliphatic rings. The highest BCUT2D eigenvalue weighted by atomic mass is 19.1. The van der Waals surface area contributed by atoms with Gasteiger partial charge in [-0.05, 0) is 24.1 Å². The van der Waals surface area contributed by atoms with Gasteiger partial charge >= 0.3 is 5.97 Å². The predicted octanol–water partition coefficient (Wildman–Crippen LogP) is 8.23. The van der Waals surface area contributed by atoms with Gasteiger partial charge in [0, 0.05) is 11.8 Å². The minimum atomic E-state index is -0.710. The molecule has 0 spiro atoms. The largest absolute Gasteiger partial charge is 0.491 e. The van der Waals surface area contributed by atoms with Gasteiger partial charge in [-0.25, -0.2) is 9.18 Å². The molecule has 0 aromatic heterocycles. The third-order valence-electron chi connectivity index (χ3n) is 6.07. The first-order valence-electron chi connectivity index (χ1n) is 13.0. The van der Waals surface area contributed by atoms with Crippen molar-refractivity contribution in [2.45, 2.75) is 90.0 Å². The van der Waals surface area contributed by atoms with E-state index in [0.717, 1.165) is 18.4 Å². The van der Waals surface area contributed by atoms with Crippen LogP contribution < -0.4 is 10.1 Å². The normalized spacial score (nSPS) is 11.7. The molecule has 4 nitrogen and oxygen atoms in total. The Labute approximate surface area is 205 Å². The van der Waals surface area contributed by atoms with Gasteiger partial charge in [0.2, 0.25) is 0 Å². The summed E-state index contributed by atoms with van der Waals surface area (Å²) in [5, 5.41) is 3.06. The van der Waals surface area contributed by atoms with Crippen molar-refractivity contribution in [1.82, 2.24) is 0 Å². The lowest BCUT2D eigenvalue weighted by Crippen LogP contribution is -2.22. The first-order valence-corrected chi connectivity index (χ1v) is 13.0. The zero-order chi connectivity index (χ0) is 24.4. The number of carbonyl (C=O) groups is 1. The summed E-state index contributed by atoms with van der Waals surface area (Å²) in [6, 6.07) is 13.2. The van der Waals surface area contributed by atoms with E-state index >= 15 is 0 Å². The van der Waals surface area contributed by atoms with Gasteiger partial charge in [-0.2, -0.15) is 0 Å². The molecule has 0 bridgehead atoms. The second-order valence-corrected chi connectivity index (χ2v) is 8.89. The van der Waals surface area contributed by atoms with E-state index in [0.29, 0.717) is 12.3 Å². The molecule has 2 aromatic carbocycles. The molecule has 1 atom stereocenters. The van der Waals surface area contributed by atoms with Crippen LogP contribution in [0.3, 0.4) is 0 Å². The Bertz CT molecular complexity index is 812. The Hall–Kier alpha value is -2.56. The van der Waals surface area contributed by atoms with Crippen LogP contribution in [0, 0.1) is 5.82 Å². The van der Waals surface area contributed by atoms with Crippen LogP contribution in [0.25, 0.3) is 0 Å². The number of anilines is 1. The lowest BCUT2D eigenvalue weighted by atomic mass is 10.1. The van der Waals surface area contributed by atoms with Crippen LogP contribution in [0.5, 0.6) is 5.75 Å². The van der Waals surface area contributed by atoms with Gasteiger partial charge in [-0.1, -0.05) is 108 Å². The van der Waals surface area contributed by atoms with Crippen molar-refractivity contribution >= 4 is 11.7 Å². The standard InChI is InChI=1S/C29H42FNO3/c1-3-4-5-6-7-8-9-10-11-12-13-17-22-34-27-21-20-25(23-26(27)30)31-28(29(32)33-2)24-18-15-14-16-19-24/h14-16,18-21,23,28,31H,3-13,17,22H2,1-2H3. The van der Waals surface area contributed by atoms with E-state index < -0.39 is 17.8 Å². The number of ether oxygens (including phenoxy) is 2. The molecule has 188 valence electrons. The lowest BCUT2D eigenvalue weighted by Gasteiger charge is -2.18. The molecule has 2 aromatic rings. The summed E-state index contributed by atoms with van der Waals surface area (Å²) < 4.78 is 25.1. The van der Waals surface area contributed by atoms with E-state index in [1.54, 1.807) is 12.1 Å². The van der Waals surface area contributed by atoms with Crippen LogP contribution in [0.4, 0.5) is 10.1 Å². The molecule has 0 saturated heterocycles. The van der Waals surface area contributed by atoms with Crippen molar-refractivity contribution in [3.63, 3.8) is 0 Å². The predicted molar refractivity (Wildman–Crippen MR) is 138 cm³/mol. The SMILES string of the molecule is CCCCCCCCCCCCCCOc1ccc(NC(C(=O)OC)c2ccccc2)cc1F. The minimum absolute atomic E-state index is 0.239. The van der Waals surface area contributed by atoms with Gasteiger partial charge in [-0.3, -0.25) is 0 Å². The second-order valence-electron chi connectivity index (χ2n) is 8.89. The molecular weight excluding hydrogens is 429 g/mol. The lowest BCUT2D eigenvalue weighted by molar-refractivity contribution is -0.141. The van der Waals surface area contributed by atoms with Crippen molar-refractivity contribution in [2.24, 2.45) is 0 Å². The number of carbonyl (C=O) groups excluding carboxylic acids is 1. The summed E-state index contributed by atoms with van der Waals surface area (Å²) in [5.74, 6) is -0.637. The van der Waals surface area contributed by atoms with E-state index in [1.807, 2.05) is 30.3 Å². The molecule has 0 heterocycles. The number of nitrogens with one attached hydrogen (secondary N) is 1. The monoisotopic (exact) mass is 471 g/mol. The van der Waals surface area contributed by atoms with E-state index in [-0.39, 0.29) is 5.75 Å². The molecule has 0 aliphatic carbocycles. The third-order valence-corrected chi connectivity index (χ3v) is 6.07. The fourth-order valence-electron chi connectivity index (χ4n) is 4.04. The van der Waals surface area contributed by atoms with Gasteiger partial charge in [0.15, 0.2) is 17.6 Å². The van der Waals surface area contributed by atoms with Gasteiger partial charge in [0.05, 0.1) is 13.7 Å². The molecule has 0 saturated carbocycles. The molecule has 1 N–H and O–H groups in total. The molecule has 5 heteroatoms. The van der Waals surface area contributed by atoms with E-state index in [2.05, 4.69) is 12.2 Å². The first-order chi connectivity index (χ1) is 16.7. The Balaban J connectivity index is 1.65. The van der Waals surface area contributed by atoms with Gasteiger partial charge < -0.3 is 14.8 Å². The molecule has 2 rings (SSSR count). The van der Waals surface area contributed by atoms with Gasteiger partial charge in [-0.15, -0.1) is 0 Å². The number of hydrogen-bond donors (Lipinski definition) is 1. The Morgan fingerprint density at radius 2 is 1.44 bits per heavy atom. The summed E-state index contributed by atoms with van der Waals surface area (Å²) in [6.07, 6.45) is 15.4. The molecular formula is C29H42FNO3. The first kappa shape index (κ1) is 27.7. The van der Waals surface area contributed by atoms with Crippen molar-refractivity contribution < 1.29 is 18.7 Å². The average molecular weight is 472 g/mol. The molecule has 0 amide bonds. The molecule has 0 aliphatic heterocycles. The molecule has 0 fully saturated rings. The maximum Gasteiger partial charge on any atom is 0.332 e. The zero-order valence-corrected chi connectivity index (χ0v) is 21.0. The minimum Gasteiger partial charge on any atom is -0.491 e. The average Bonchev–Trinajstić information content (AvgIpc) is 2.86. The Morgan fingerprint density at radius 3 is 2.00 bits per heavy atom. The van der Waals surface area contributed by atoms with Gasteiger partial charge in [0.25, 0.3) is 0 Å². The highest BCUT2D eigenvalue weighted by Gasteiger charge is 2.21. The number of methoxy groups -OCH3 is 1. The van der Waals surface area contributed by atoms with Crippen LogP contribution in [0.15, 0.2) is 48.5 Å². The van der Waals surface area contributed by atoms with Crippen molar-refractivity contribution in [2.75, 3.05) is 19.0 Å². The van der Waals surface area contributed by atoms with Crippen molar-refractivity contribution in [1.29, 1.82) is 0 Å². The van der Waals surface area contributed by atoms with E-state index in [1.165, 1.54) is 77.4 Å². The van der Waals surface area contributed by atoms with Crippen molar-refractivity contribution in [3.05, 3.63) is 59.9 Å². The maximum atomic E-state index is 14.6. The van der Waals surface area contributed by atoms with E-state index in [4.69, 9.17) is 9.47 Å². The number of hydrogen-bond acceptors (Lipinski definition) is 4. The Morgan fingerprint density at radius 1 is 0.853 bits per heavy atom. The number of esters is 1. The highest BCUT2D eigenvalue weighted by Crippen LogP contribution is 2.26. The quantitative estimate of drug-likeness (QED) is 0.176. The fraction of sp³-hybridized carbons (Fsp3) is 0.552. The summed E-state index contributed by atoms with van der Waals surface area (Å²) in [4.78, 5) is 12.2. The van der Waals surface area contributed by atoms with Crippen LogP contribution in [0.1, 0.15) is 95.6 Å². The molecule has 34 heavy (non-hydrogen) atoms. The third kappa shape index (κ3) is 10.6. The zero-order valence-electron chi connectivity index (χ0n) is 21.0. The molecule has 0 radical (unpaired) electrons. The van der Waals surface area contributed by atoms with Crippen LogP contribution >= 0.6 is 0 Å². The second kappa shape index (κ2) is 17.0. The number of benzene rings is 2. The maximum absolute atomic E-state index is 14.6.